The van der Waals surface area contributed by atoms with E-state index in [4.69, 9.17) is 19.2 Å². The van der Waals surface area contributed by atoms with Crippen LogP contribution in [-0.4, -0.2) is 75.8 Å². The standard InChI is InChI=1S/C22H27N7O4/c1-31-19-6-7-24-20(27-19)21(30)25-15-2-4-16(5-3-15)33-22-26-18(28-10-12-32-13-11-28)14-17-23-8-9-29(17)22/h6-9,14-16H,2-5,10-13H2,1H3,(H,25,30)/t15-,16+. The number of nitrogens with zero attached hydrogens (tertiary/aromatic N) is 6. The summed E-state index contributed by atoms with van der Waals surface area (Å²) in [5.74, 6) is 1.04. The van der Waals surface area contributed by atoms with E-state index in [-0.39, 0.29) is 23.9 Å². The number of amides is 1. The van der Waals surface area contributed by atoms with Gasteiger partial charge in [0.2, 0.25) is 11.7 Å². The number of fused-ring (bicyclic) bond motifs is 1. The molecule has 2 aliphatic rings. The number of carbonyl (C=O) groups is 1. The zero-order valence-electron chi connectivity index (χ0n) is 18.5. The first-order valence-corrected chi connectivity index (χ1v) is 11.2. The molecule has 1 saturated carbocycles. The molecule has 1 aliphatic heterocycles. The summed E-state index contributed by atoms with van der Waals surface area (Å²) in [5.41, 5.74) is 0.806. The summed E-state index contributed by atoms with van der Waals surface area (Å²) in [6.07, 6.45) is 8.37. The number of imidazole rings is 1. The average molecular weight is 454 g/mol. The second-order valence-corrected chi connectivity index (χ2v) is 8.14. The van der Waals surface area contributed by atoms with Crippen LogP contribution in [0.5, 0.6) is 11.9 Å². The minimum absolute atomic E-state index is 0.0178. The van der Waals surface area contributed by atoms with E-state index >= 15 is 0 Å². The zero-order chi connectivity index (χ0) is 22.6. The molecule has 0 radical (unpaired) electrons. The number of carbonyl (C=O) groups excluding carboxylic acids is 1. The van der Waals surface area contributed by atoms with Crippen molar-refractivity contribution in [2.45, 2.75) is 37.8 Å². The highest BCUT2D eigenvalue weighted by molar-refractivity contribution is 5.90. The van der Waals surface area contributed by atoms with E-state index in [1.807, 2.05) is 16.7 Å². The molecule has 33 heavy (non-hydrogen) atoms. The maximum Gasteiger partial charge on any atom is 0.304 e. The van der Waals surface area contributed by atoms with Crippen molar-refractivity contribution in [3.05, 3.63) is 36.5 Å². The van der Waals surface area contributed by atoms with Gasteiger partial charge in [-0.3, -0.25) is 9.20 Å². The molecule has 11 nitrogen and oxygen atoms in total. The second kappa shape index (κ2) is 9.57. The molecule has 0 aromatic carbocycles. The van der Waals surface area contributed by atoms with Crippen LogP contribution in [-0.2, 0) is 4.74 Å². The van der Waals surface area contributed by atoms with Crippen molar-refractivity contribution in [1.29, 1.82) is 0 Å². The smallest absolute Gasteiger partial charge is 0.304 e. The van der Waals surface area contributed by atoms with Crippen LogP contribution in [0.1, 0.15) is 36.3 Å². The molecular formula is C22H27N7O4. The van der Waals surface area contributed by atoms with Gasteiger partial charge in [-0.25, -0.2) is 9.97 Å². The van der Waals surface area contributed by atoms with Crippen molar-refractivity contribution in [1.82, 2.24) is 29.7 Å². The molecule has 0 bridgehead atoms. The fraction of sp³-hybridized carbons (Fsp3) is 0.500. The lowest BCUT2D eigenvalue weighted by molar-refractivity contribution is 0.0872. The molecule has 1 aliphatic carbocycles. The monoisotopic (exact) mass is 453 g/mol. The summed E-state index contributed by atoms with van der Waals surface area (Å²) >= 11 is 0. The van der Waals surface area contributed by atoms with E-state index in [0.29, 0.717) is 25.1 Å². The Labute approximate surface area is 191 Å². The van der Waals surface area contributed by atoms with Gasteiger partial charge in [0.25, 0.3) is 5.91 Å². The molecule has 0 atom stereocenters. The van der Waals surface area contributed by atoms with Crippen LogP contribution in [0.25, 0.3) is 5.65 Å². The largest absolute Gasteiger partial charge is 0.481 e. The van der Waals surface area contributed by atoms with Crippen molar-refractivity contribution >= 4 is 17.4 Å². The maximum atomic E-state index is 12.5. The molecule has 0 unspecified atom stereocenters. The first-order chi connectivity index (χ1) is 16.2. The summed E-state index contributed by atoms with van der Waals surface area (Å²) in [7, 11) is 1.51. The van der Waals surface area contributed by atoms with Crippen molar-refractivity contribution in [3.63, 3.8) is 0 Å². The van der Waals surface area contributed by atoms with Gasteiger partial charge in [-0.15, -0.1) is 0 Å². The third kappa shape index (κ3) is 4.82. The normalized spacial score (nSPS) is 21.1. The lowest BCUT2D eigenvalue weighted by atomic mass is 9.93. The number of hydrogen-bond acceptors (Lipinski definition) is 9. The molecule has 174 valence electrons. The molecule has 1 N–H and O–H groups in total. The first-order valence-electron chi connectivity index (χ1n) is 11.2. The van der Waals surface area contributed by atoms with Gasteiger partial charge in [0, 0.05) is 49.9 Å². The number of ether oxygens (including phenoxy) is 3. The molecule has 3 aromatic rings. The van der Waals surface area contributed by atoms with E-state index in [0.717, 1.165) is 50.2 Å². The van der Waals surface area contributed by atoms with Crippen LogP contribution in [0, 0.1) is 0 Å². The SMILES string of the molecule is COc1ccnc(C(=O)N[C@H]2CC[C@@H](Oc3nc(N4CCOCC4)cc4nccn34)CC2)n1. The second-order valence-electron chi connectivity index (χ2n) is 8.14. The van der Waals surface area contributed by atoms with Gasteiger partial charge in [-0.05, 0) is 25.7 Å². The summed E-state index contributed by atoms with van der Waals surface area (Å²) < 4.78 is 18.7. The number of hydrogen-bond donors (Lipinski definition) is 1. The molecule has 1 amide bonds. The van der Waals surface area contributed by atoms with Crippen LogP contribution in [0.15, 0.2) is 30.7 Å². The fourth-order valence-corrected chi connectivity index (χ4v) is 4.21. The maximum absolute atomic E-state index is 12.5. The third-order valence-electron chi connectivity index (χ3n) is 6.00. The van der Waals surface area contributed by atoms with Gasteiger partial charge < -0.3 is 24.4 Å². The van der Waals surface area contributed by atoms with E-state index in [2.05, 4.69) is 25.2 Å². The highest BCUT2D eigenvalue weighted by Gasteiger charge is 2.26. The fourth-order valence-electron chi connectivity index (χ4n) is 4.21. The number of morpholine rings is 1. The Balaban J connectivity index is 1.21. The Bertz CT molecular complexity index is 1110. The van der Waals surface area contributed by atoms with Gasteiger partial charge in [0.15, 0.2) is 0 Å². The quantitative estimate of drug-likeness (QED) is 0.592. The summed E-state index contributed by atoms with van der Waals surface area (Å²) in [5, 5.41) is 3.02. The van der Waals surface area contributed by atoms with Crippen molar-refractivity contribution in [2.75, 3.05) is 38.3 Å². The number of nitrogens with one attached hydrogen (secondary N) is 1. The Hall–Kier alpha value is -3.47. The van der Waals surface area contributed by atoms with Crippen molar-refractivity contribution in [2.24, 2.45) is 0 Å². The Morgan fingerprint density at radius 1 is 1.12 bits per heavy atom. The van der Waals surface area contributed by atoms with Crippen molar-refractivity contribution < 1.29 is 19.0 Å². The van der Waals surface area contributed by atoms with E-state index in [1.165, 1.54) is 13.3 Å². The minimum Gasteiger partial charge on any atom is -0.481 e. The van der Waals surface area contributed by atoms with Crippen LogP contribution in [0.2, 0.25) is 0 Å². The summed E-state index contributed by atoms with van der Waals surface area (Å²) in [6.45, 7) is 2.97. The summed E-state index contributed by atoms with van der Waals surface area (Å²) in [6, 6.07) is 4.18. The number of rotatable bonds is 6. The van der Waals surface area contributed by atoms with Gasteiger partial charge in [0.05, 0.1) is 20.3 Å². The van der Waals surface area contributed by atoms with E-state index in [9.17, 15) is 4.79 Å². The van der Waals surface area contributed by atoms with Gasteiger partial charge >= 0.3 is 6.01 Å². The Kier molecular flexibility index (Phi) is 6.20. The highest BCUT2D eigenvalue weighted by Crippen LogP contribution is 2.26. The molecule has 1 saturated heterocycles. The van der Waals surface area contributed by atoms with E-state index in [1.54, 1.807) is 12.3 Å². The first kappa shape index (κ1) is 21.4. The molecule has 3 aromatic heterocycles. The molecule has 2 fully saturated rings. The molecule has 4 heterocycles. The van der Waals surface area contributed by atoms with Crippen LogP contribution in [0.4, 0.5) is 5.82 Å². The van der Waals surface area contributed by atoms with Gasteiger partial charge in [-0.2, -0.15) is 9.97 Å². The molecule has 5 rings (SSSR count). The van der Waals surface area contributed by atoms with Crippen molar-refractivity contribution in [3.8, 4) is 11.9 Å². The third-order valence-corrected chi connectivity index (χ3v) is 6.00. The summed E-state index contributed by atoms with van der Waals surface area (Å²) in [4.78, 5) is 32.0. The average Bonchev–Trinajstić information content (AvgIpc) is 3.35. The lowest BCUT2D eigenvalue weighted by Gasteiger charge is -2.30. The number of aromatic nitrogens is 5. The van der Waals surface area contributed by atoms with E-state index < -0.39 is 0 Å². The predicted molar refractivity (Wildman–Crippen MR) is 119 cm³/mol. The topological polar surface area (TPSA) is 116 Å². The van der Waals surface area contributed by atoms with Gasteiger partial charge in [-0.1, -0.05) is 0 Å². The van der Waals surface area contributed by atoms with Gasteiger partial charge in [0.1, 0.15) is 17.6 Å². The van der Waals surface area contributed by atoms with Crippen LogP contribution in [0.3, 0.4) is 0 Å². The highest BCUT2D eigenvalue weighted by atomic mass is 16.5. The molecule has 0 spiro atoms. The van der Waals surface area contributed by atoms with Crippen LogP contribution < -0.4 is 19.7 Å². The number of methoxy groups -OCH3 is 1. The van der Waals surface area contributed by atoms with Crippen LogP contribution >= 0.6 is 0 Å². The number of anilines is 1. The predicted octanol–water partition coefficient (Wildman–Crippen LogP) is 1.48. The minimum atomic E-state index is -0.293. The zero-order valence-corrected chi connectivity index (χ0v) is 18.5. The lowest BCUT2D eigenvalue weighted by Crippen LogP contribution is -2.40. The Morgan fingerprint density at radius 3 is 2.73 bits per heavy atom. The Morgan fingerprint density at radius 2 is 1.94 bits per heavy atom. The molecular weight excluding hydrogens is 426 g/mol. The molecule has 11 heteroatoms.